The molecular weight excluding hydrogens is 252 g/mol. The summed E-state index contributed by atoms with van der Waals surface area (Å²) in [5.74, 6) is 1.45. The van der Waals surface area contributed by atoms with Crippen molar-refractivity contribution in [1.82, 2.24) is 10.2 Å². The van der Waals surface area contributed by atoms with E-state index in [2.05, 4.69) is 5.32 Å². The van der Waals surface area contributed by atoms with Crippen LogP contribution < -0.4 is 10.1 Å². The highest BCUT2D eigenvalue weighted by Crippen LogP contribution is 2.14. The molecule has 1 aromatic carbocycles. The fourth-order valence-electron chi connectivity index (χ4n) is 2.54. The van der Waals surface area contributed by atoms with Gasteiger partial charge in [-0.3, -0.25) is 4.79 Å². The molecule has 4 heteroatoms. The Hall–Kier alpha value is -1.55. The van der Waals surface area contributed by atoms with Crippen molar-refractivity contribution in [3.05, 3.63) is 30.3 Å². The molecule has 2 rings (SSSR count). The fraction of sp³-hybridized carbons (Fsp3) is 0.562. The molecule has 110 valence electrons. The van der Waals surface area contributed by atoms with Crippen LogP contribution in [0.5, 0.6) is 5.75 Å². The van der Waals surface area contributed by atoms with E-state index in [1.165, 1.54) is 0 Å². The van der Waals surface area contributed by atoms with Gasteiger partial charge < -0.3 is 15.0 Å². The van der Waals surface area contributed by atoms with Crippen LogP contribution in [0.3, 0.4) is 0 Å². The van der Waals surface area contributed by atoms with Gasteiger partial charge in [0, 0.05) is 13.1 Å². The Morgan fingerprint density at radius 2 is 2.00 bits per heavy atom. The number of nitrogens with zero attached hydrogens (tertiary/aromatic N) is 1. The Labute approximate surface area is 121 Å². The quantitative estimate of drug-likeness (QED) is 0.863. The van der Waals surface area contributed by atoms with E-state index in [-0.39, 0.29) is 12.5 Å². The fourth-order valence-corrected chi connectivity index (χ4v) is 2.54. The van der Waals surface area contributed by atoms with Gasteiger partial charge in [0.2, 0.25) is 0 Å². The summed E-state index contributed by atoms with van der Waals surface area (Å²) in [5, 5.41) is 3.35. The first-order valence-electron chi connectivity index (χ1n) is 7.46. The lowest BCUT2D eigenvalue weighted by atomic mass is 9.97. The number of carbonyl (C=O) groups excluding carboxylic acids is 1. The molecule has 20 heavy (non-hydrogen) atoms. The maximum Gasteiger partial charge on any atom is 0.260 e. The molecule has 1 heterocycles. The van der Waals surface area contributed by atoms with Crippen molar-refractivity contribution >= 4 is 5.91 Å². The average Bonchev–Trinajstić information content (AvgIpc) is 2.52. The van der Waals surface area contributed by atoms with Crippen molar-refractivity contribution in [1.29, 1.82) is 0 Å². The van der Waals surface area contributed by atoms with Crippen molar-refractivity contribution < 1.29 is 9.53 Å². The average molecular weight is 276 g/mol. The van der Waals surface area contributed by atoms with Crippen molar-refractivity contribution in [2.24, 2.45) is 5.92 Å². The number of likely N-dealkylation sites (N-methyl/N-ethyl adjacent to an activating group) is 1. The lowest BCUT2D eigenvalue weighted by Gasteiger charge is -2.29. The zero-order valence-corrected chi connectivity index (χ0v) is 12.2. The molecule has 1 aliphatic rings. The number of piperidine rings is 1. The van der Waals surface area contributed by atoms with E-state index < -0.39 is 0 Å². The number of benzene rings is 1. The summed E-state index contributed by atoms with van der Waals surface area (Å²) >= 11 is 0. The second-order valence-electron chi connectivity index (χ2n) is 5.23. The van der Waals surface area contributed by atoms with Crippen molar-refractivity contribution in [3.63, 3.8) is 0 Å². The summed E-state index contributed by atoms with van der Waals surface area (Å²) in [6.07, 6.45) is 2.31. The zero-order valence-electron chi connectivity index (χ0n) is 12.2. The molecule has 0 saturated carbocycles. The molecule has 1 N–H and O–H groups in total. The molecule has 4 nitrogen and oxygen atoms in total. The van der Waals surface area contributed by atoms with Gasteiger partial charge in [-0.1, -0.05) is 18.2 Å². The number of nitrogens with one attached hydrogen (secondary N) is 1. The van der Waals surface area contributed by atoms with Crippen LogP contribution >= 0.6 is 0 Å². The van der Waals surface area contributed by atoms with Crippen LogP contribution in [-0.2, 0) is 4.79 Å². The second-order valence-corrected chi connectivity index (χ2v) is 5.23. The Morgan fingerprint density at radius 1 is 1.30 bits per heavy atom. The third-order valence-corrected chi connectivity index (χ3v) is 3.78. The lowest BCUT2D eigenvalue weighted by molar-refractivity contribution is -0.133. The molecule has 1 aromatic rings. The van der Waals surface area contributed by atoms with Crippen LogP contribution in [-0.4, -0.2) is 43.6 Å². The van der Waals surface area contributed by atoms with E-state index in [0.29, 0.717) is 5.92 Å². The third kappa shape index (κ3) is 4.53. The van der Waals surface area contributed by atoms with Crippen LogP contribution in [0.25, 0.3) is 0 Å². The first kappa shape index (κ1) is 14.9. The molecule has 0 spiro atoms. The standard InChI is InChI=1S/C16H24N2O2/c1-2-18(12-14-8-10-17-11-9-14)16(19)13-20-15-6-4-3-5-7-15/h3-7,14,17H,2,8-13H2,1H3. The molecule has 1 fully saturated rings. The van der Waals surface area contributed by atoms with Crippen LogP contribution in [0.4, 0.5) is 0 Å². The SMILES string of the molecule is CCN(CC1CCNCC1)C(=O)COc1ccccc1. The summed E-state index contributed by atoms with van der Waals surface area (Å²) in [7, 11) is 0. The maximum absolute atomic E-state index is 12.2. The van der Waals surface area contributed by atoms with Crippen LogP contribution in [0.1, 0.15) is 19.8 Å². The minimum absolute atomic E-state index is 0.0786. The van der Waals surface area contributed by atoms with Gasteiger partial charge in [-0.2, -0.15) is 0 Å². The number of hydrogen-bond donors (Lipinski definition) is 1. The number of carbonyl (C=O) groups is 1. The first-order chi connectivity index (χ1) is 9.79. The topological polar surface area (TPSA) is 41.6 Å². The molecule has 1 aliphatic heterocycles. The summed E-state index contributed by atoms with van der Waals surface area (Å²) in [5.41, 5.74) is 0. The van der Waals surface area contributed by atoms with Crippen LogP contribution in [0, 0.1) is 5.92 Å². The number of hydrogen-bond acceptors (Lipinski definition) is 3. The zero-order chi connectivity index (χ0) is 14.2. The van der Waals surface area contributed by atoms with E-state index >= 15 is 0 Å². The van der Waals surface area contributed by atoms with Crippen molar-refractivity contribution in [3.8, 4) is 5.75 Å². The van der Waals surface area contributed by atoms with Gasteiger partial charge in [-0.05, 0) is 50.9 Å². The maximum atomic E-state index is 12.2. The monoisotopic (exact) mass is 276 g/mol. The van der Waals surface area contributed by atoms with Gasteiger partial charge >= 0.3 is 0 Å². The Kier molecular flexibility index (Phi) is 5.87. The molecule has 0 atom stereocenters. The Bertz CT molecular complexity index is 402. The van der Waals surface area contributed by atoms with E-state index in [9.17, 15) is 4.79 Å². The summed E-state index contributed by atoms with van der Waals surface area (Å²) in [4.78, 5) is 14.1. The molecule has 1 saturated heterocycles. The third-order valence-electron chi connectivity index (χ3n) is 3.78. The van der Waals surface area contributed by atoms with Crippen molar-refractivity contribution in [2.75, 3.05) is 32.8 Å². The van der Waals surface area contributed by atoms with Gasteiger partial charge in [0.15, 0.2) is 6.61 Å². The highest BCUT2D eigenvalue weighted by atomic mass is 16.5. The van der Waals surface area contributed by atoms with E-state index in [0.717, 1.165) is 44.8 Å². The Morgan fingerprint density at radius 3 is 2.65 bits per heavy atom. The summed E-state index contributed by atoms with van der Waals surface area (Å²) in [6.45, 7) is 5.90. The first-order valence-corrected chi connectivity index (χ1v) is 7.46. The lowest BCUT2D eigenvalue weighted by Crippen LogP contribution is -2.41. The van der Waals surface area contributed by atoms with Crippen molar-refractivity contribution in [2.45, 2.75) is 19.8 Å². The minimum Gasteiger partial charge on any atom is -0.484 e. The highest BCUT2D eigenvalue weighted by molar-refractivity contribution is 5.77. The second kappa shape index (κ2) is 7.90. The number of amides is 1. The van der Waals surface area contributed by atoms with E-state index in [1.807, 2.05) is 42.2 Å². The molecule has 0 radical (unpaired) electrons. The number of para-hydroxylation sites is 1. The molecule has 0 unspecified atom stereocenters. The van der Waals surface area contributed by atoms with Crippen LogP contribution in [0.2, 0.25) is 0 Å². The normalized spacial score (nSPS) is 15.8. The predicted molar refractivity (Wildman–Crippen MR) is 79.8 cm³/mol. The number of ether oxygens (including phenoxy) is 1. The van der Waals surface area contributed by atoms with Gasteiger partial charge in [0.05, 0.1) is 0 Å². The van der Waals surface area contributed by atoms with Gasteiger partial charge in [-0.15, -0.1) is 0 Å². The smallest absolute Gasteiger partial charge is 0.260 e. The summed E-state index contributed by atoms with van der Waals surface area (Å²) < 4.78 is 5.54. The summed E-state index contributed by atoms with van der Waals surface area (Å²) in [6, 6.07) is 9.50. The predicted octanol–water partition coefficient (Wildman–Crippen LogP) is 1.91. The minimum atomic E-state index is 0.0786. The van der Waals surface area contributed by atoms with Crippen LogP contribution in [0.15, 0.2) is 30.3 Å². The van der Waals surface area contributed by atoms with Gasteiger partial charge in [0.1, 0.15) is 5.75 Å². The molecule has 0 aromatic heterocycles. The molecular formula is C16H24N2O2. The number of rotatable bonds is 6. The molecule has 0 bridgehead atoms. The largest absolute Gasteiger partial charge is 0.484 e. The van der Waals surface area contributed by atoms with Gasteiger partial charge in [-0.25, -0.2) is 0 Å². The van der Waals surface area contributed by atoms with E-state index in [1.54, 1.807) is 0 Å². The Balaban J connectivity index is 1.79. The molecule has 1 amide bonds. The van der Waals surface area contributed by atoms with E-state index in [4.69, 9.17) is 4.74 Å². The highest BCUT2D eigenvalue weighted by Gasteiger charge is 2.19. The molecule has 0 aliphatic carbocycles. The van der Waals surface area contributed by atoms with Gasteiger partial charge in [0.25, 0.3) is 5.91 Å².